The fourth-order valence-corrected chi connectivity index (χ4v) is 3.80. The van der Waals surface area contributed by atoms with Crippen molar-refractivity contribution in [1.82, 2.24) is 24.6 Å². The summed E-state index contributed by atoms with van der Waals surface area (Å²) < 4.78 is 18.8. The van der Waals surface area contributed by atoms with E-state index in [2.05, 4.69) is 20.4 Å². The Morgan fingerprint density at radius 2 is 1.92 bits per heavy atom. The van der Waals surface area contributed by atoms with E-state index in [1.54, 1.807) is 30.0 Å². The number of carbonyl (C=O) groups excluding carboxylic acids is 1. The van der Waals surface area contributed by atoms with Gasteiger partial charge in [0.25, 0.3) is 5.91 Å². The van der Waals surface area contributed by atoms with E-state index in [1.165, 1.54) is 0 Å². The van der Waals surface area contributed by atoms with Gasteiger partial charge in [-0.15, -0.1) is 0 Å². The van der Waals surface area contributed by atoms with Gasteiger partial charge in [0.1, 0.15) is 11.6 Å². The molecule has 0 aliphatic rings. The van der Waals surface area contributed by atoms with Crippen molar-refractivity contribution in [2.24, 2.45) is 0 Å². The van der Waals surface area contributed by atoms with E-state index in [4.69, 9.17) is 13.9 Å². The summed E-state index contributed by atoms with van der Waals surface area (Å²) in [5.74, 6) is 3.08. The van der Waals surface area contributed by atoms with Crippen molar-refractivity contribution < 1.29 is 18.7 Å². The lowest BCUT2D eigenvalue weighted by molar-refractivity contribution is -0.118. The van der Waals surface area contributed by atoms with E-state index in [1.807, 2.05) is 64.0 Å². The molecule has 0 unspecified atom stereocenters. The highest BCUT2D eigenvalue weighted by atomic mass is 16.5. The number of anilines is 1. The number of aromatic nitrogens is 4. The van der Waals surface area contributed by atoms with E-state index in [0.29, 0.717) is 41.3 Å². The number of ether oxygens (including phenoxy) is 2. The Morgan fingerprint density at radius 1 is 1.11 bits per heavy atom. The van der Waals surface area contributed by atoms with Crippen molar-refractivity contribution in [3.63, 3.8) is 0 Å². The molecule has 0 atom stereocenters. The first-order valence-electron chi connectivity index (χ1n) is 11.5. The van der Waals surface area contributed by atoms with Crippen LogP contribution in [0, 0.1) is 20.8 Å². The second-order valence-electron chi connectivity index (χ2n) is 8.71. The highest BCUT2D eigenvalue weighted by Gasteiger charge is 2.17. The third-order valence-corrected chi connectivity index (χ3v) is 5.28. The number of aryl methyl sites for hydroxylation is 3. The Morgan fingerprint density at radius 3 is 2.56 bits per heavy atom. The first-order valence-corrected chi connectivity index (χ1v) is 11.5. The summed E-state index contributed by atoms with van der Waals surface area (Å²) in [4.78, 5) is 24.0. The molecule has 10 nitrogen and oxygen atoms in total. The quantitative estimate of drug-likeness (QED) is 0.376. The smallest absolute Gasteiger partial charge is 0.263 e. The fourth-order valence-electron chi connectivity index (χ4n) is 3.80. The number of para-hydroxylation sites is 1. The predicted octanol–water partition coefficient (Wildman–Crippen LogP) is 3.94. The average Bonchev–Trinajstić information content (AvgIpc) is 3.41. The van der Waals surface area contributed by atoms with Gasteiger partial charge in [0.15, 0.2) is 35.5 Å². The minimum absolute atomic E-state index is 0.227. The molecular weight excluding hydrogens is 460 g/mol. The van der Waals surface area contributed by atoms with Crippen LogP contribution in [0.15, 0.2) is 46.9 Å². The molecule has 0 radical (unpaired) electrons. The maximum absolute atomic E-state index is 12.9. The molecule has 188 valence electrons. The molecule has 4 rings (SSSR count). The number of hydrogen-bond acceptors (Lipinski definition) is 8. The van der Waals surface area contributed by atoms with Crippen LogP contribution < -0.4 is 14.8 Å². The van der Waals surface area contributed by atoms with Gasteiger partial charge in [-0.05, 0) is 59.1 Å². The molecule has 0 fully saturated rings. The number of hydrogen-bond donors (Lipinski definition) is 1. The monoisotopic (exact) mass is 490 g/mol. The Hall–Kier alpha value is -4.18. The molecular formula is C26H30N6O4. The number of carbonyl (C=O) groups is 1. The Balaban J connectivity index is 1.59. The second-order valence-corrected chi connectivity index (χ2v) is 8.71. The van der Waals surface area contributed by atoms with Crippen molar-refractivity contribution in [2.75, 3.05) is 33.1 Å². The predicted molar refractivity (Wildman–Crippen MR) is 136 cm³/mol. The zero-order chi connectivity index (χ0) is 25.8. The van der Waals surface area contributed by atoms with E-state index in [9.17, 15) is 4.79 Å². The molecule has 3 aromatic heterocycles. The van der Waals surface area contributed by atoms with Crippen LogP contribution in [0.1, 0.15) is 22.7 Å². The minimum atomic E-state index is -0.378. The van der Waals surface area contributed by atoms with Crippen LogP contribution in [0.4, 0.5) is 5.82 Å². The standard InChI is InChI=1S/C26H30N6O4/c1-16-12-17(2)32(30-16)23-13-22(28-26(29-23)21-11-10-18(3)36-21)27-24(33)15-35-25-19(14-31(4)5)8-7-9-20(25)34-6/h7-13H,14-15H2,1-6H3,(H,27,28,29,33). The maximum atomic E-state index is 12.9. The second kappa shape index (κ2) is 10.6. The van der Waals surface area contributed by atoms with Gasteiger partial charge in [-0.25, -0.2) is 14.6 Å². The van der Waals surface area contributed by atoms with Crippen LogP contribution in [0.3, 0.4) is 0 Å². The van der Waals surface area contributed by atoms with Gasteiger partial charge in [0.2, 0.25) is 0 Å². The number of nitrogens with one attached hydrogen (secondary N) is 1. The lowest BCUT2D eigenvalue weighted by Crippen LogP contribution is -2.22. The zero-order valence-electron chi connectivity index (χ0n) is 21.3. The van der Waals surface area contributed by atoms with Crippen molar-refractivity contribution in [3.05, 3.63) is 65.2 Å². The van der Waals surface area contributed by atoms with Gasteiger partial charge in [-0.2, -0.15) is 5.10 Å². The number of furan rings is 1. The first-order chi connectivity index (χ1) is 17.2. The Kier molecular flexibility index (Phi) is 7.35. The highest BCUT2D eigenvalue weighted by Crippen LogP contribution is 2.32. The molecule has 3 heterocycles. The largest absolute Gasteiger partial charge is 0.493 e. The van der Waals surface area contributed by atoms with Gasteiger partial charge in [-0.1, -0.05) is 12.1 Å². The fraction of sp³-hybridized carbons (Fsp3) is 0.308. The van der Waals surface area contributed by atoms with Crippen molar-refractivity contribution in [3.8, 4) is 28.9 Å². The Labute approximate surface area is 209 Å². The van der Waals surface area contributed by atoms with E-state index in [-0.39, 0.29) is 12.5 Å². The lowest BCUT2D eigenvalue weighted by Gasteiger charge is -2.17. The molecule has 1 aromatic carbocycles. The summed E-state index contributed by atoms with van der Waals surface area (Å²) in [6.45, 7) is 6.09. The van der Waals surface area contributed by atoms with Gasteiger partial charge in [-0.3, -0.25) is 4.79 Å². The third-order valence-electron chi connectivity index (χ3n) is 5.28. The molecule has 0 saturated carbocycles. The topological polar surface area (TPSA) is 108 Å². The molecule has 0 bridgehead atoms. The Bertz CT molecular complexity index is 1370. The minimum Gasteiger partial charge on any atom is -0.493 e. The van der Waals surface area contributed by atoms with E-state index >= 15 is 0 Å². The molecule has 0 aliphatic heterocycles. The first kappa shape index (κ1) is 24.9. The zero-order valence-corrected chi connectivity index (χ0v) is 21.3. The molecule has 0 spiro atoms. The van der Waals surface area contributed by atoms with Crippen LogP contribution >= 0.6 is 0 Å². The summed E-state index contributed by atoms with van der Waals surface area (Å²) in [7, 11) is 5.49. The average molecular weight is 491 g/mol. The van der Waals surface area contributed by atoms with Gasteiger partial charge >= 0.3 is 0 Å². The molecule has 4 aromatic rings. The molecule has 10 heteroatoms. The third kappa shape index (κ3) is 5.72. The molecule has 36 heavy (non-hydrogen) atoms. The normalized spacial score (nSPS) is 11.1. The van der Waals surface area contributed by atoms with Crippen molar-refractivity contribution in [2.45, 2.75) is 27.3 Å². The van der Waals surface area contributed by atoms with Crippen LogP contribution in [-0.2, 0) is 11.3 Å². The molecule has 1 amide bonds. The number of nitrogens with zero attached hydrogens (tertiary/aromatic N) is 5. The summed E-state index contributed by atoms with van der Waals surface area (Å²) in [6, 6.07) is 12.9. The summed E-state index contributed by atoms with van der Waals surface area (Å²) >= 11 is 0. The number of benzene rings is 1. The SMILES string of the molecule is COc1cccc(CN(C)C)c1OCC(=O)Nc1cc(-n2nc(C)cc2C)nc(-c2ccc(C)o2)n1. The highest BCUT2D eigenvalue weighted by molar-refractivity contribution is 5.91. The van der Waals surface area contributed by atoms with E-state index in [0.717, 1.165) is 22.7 Å². The van der Waals surface area contributed by atoms with Crippen LogP contribution in [0.5, 0.6) is 11.5 Å². The summed E-state index contributed by atoms with van der Waals surface area (Å²) in [6.07, 6.45) is 0. The molecule has 0 aliphatic carbocycles. The maximum Gasteiger partial charge on any atom is 0.263 e. The lowest BCUT2D eigenvalue weighted by atomic mass is 10.1. The number of methoxy groups -OCH3 is 1. The van der Waals surface area contributed by atoms with E-state index < -0.39 is 0 Å². The molecule has 0 saturated heterocycles. The summed E-state index contributed by atoms with van der Waals surface area (Å²) in [5, 5.41) is 7.32. The van der Waals surface area contributed by atoms with Crippen molar-refractivity contribution >= 4 is 11.7 Å². The van der Waals surface area contributed by atoms with Crippen LogP contribution in [0.2, 0.25) is 0 Å². The van der Waals surface area contributed by atoms with Crippen LogP contribution in [-0.4, -0.2) is 58.4 Å². The van der Waals surface area contributed by atoms with Crippen LogP contribution in [0.25, 0.3) is 17.4 Å². The summed E-state index contributed by atoms with van der Waals surface area (Å²) in [5.41, 5.74) is 2.67. The number of amides is 1. The molecule has 1 N–H and O–H groups in total. The van der Waals surface area contributed by atoms with Gasteiger partial charge in [0, 0.05) is 23.9 Å². The number of rotatable bonds is 9. The van der Waals surface area contributed by atoms with Gasteiger partial charge in [0.05, 0.1) is 12.8 Å². The van der Waals surface area contributed by atoms with Gasteiger partial charge < -0.3 is 24.1 Å². The van der Waals surface area contributed by atoms with Crippen molar-refractivity contribution in [1.29, 1.82) is 0 Å².